The summed E-state index contributed by atoms with van der Waals surface area (Å²) in [7, 11) is 0. The molecule has 0 unspecified atom stereocenters. The van der Waals surface area contributed by atoms with Gasteiger partial charge in [-0.2, -0.15) is 0 Å². The maximum atomic E-state index is 13.7. The molecule has 136 valence electrons. The molecular weight excluding hydrogens is 368 g/mol. The van der Waals surface area contributed by atoms with Crippen molar-refractivity contribution in [3.05, 3.63) is 83.0 Å². The van der Waals surface area contributed by atoms with Crippen molar-refractivity contribution in [1.82, 2.24) is 14.7 Å². The largest absolute Gasteiger partial charge is 0.350 e. The lowest BCUT2D eigenvalue weighted by Crippen LogP contribution is -2.26. The van der Waals surface area contributed by atoms with Gasteiger partial charge in [0.25, 0.3) is 5.91 Å². The average Bonchev–Trinajstić information content (AvgIpc) is 3.25. The van der Waals surface area contributed by atoms with Crippen molar-refractivity contribution in [3.63, 3.8) is 0 Å². The van der Waals surface area contributed by atoms with Crippen molar-refractivity contribution in [2.24, 2.45) is 0 Å². The molecule has 4 rings (SSSR count). The molecule has 7 heteroatoms. The van der Waals surface area contributed by atoms with Gasteiger partial charge < -0.3 is 5.32 Å². The summed E-state index contributed by atoms with van der Waals surface area (Å²) in [5, 5.41) is 4.67. The molecule has 1 amide bonds. The maximum absolute atomic E-state index is 13.7. The molecule has 27 heavy (non-hydrogen) atoms. The van der Waals surface area contributed by atoms with Crippen LogP contribution in [0.1, 0.15) is 16.1 Å². The fourth-order valence-electron chi connectivity index (χ4n) is 2.92. The number of nitrogens with one attached hydrogen (secondary N) is 1. The Kier molecular flexibility index (Phi) is 4.68. The van der Waals surface area contributed by atoms with E-state index in [4.69, 9.17) is 0 Å². The van der Waals surface area contributed by atoms with Crippen molar-refractivity contribution < 1.29 is 13.6 Å². The van der Waals surface area contributed by atoms with Gasteiger partial charge in [-0.05, 0) is 42.3 Å². The van der Waals surface area contributed by atoms with Crippen molar-refractivity contribution in [2.45, 2.75) is 6.42 Å². The summed E-state index contributed by atoms with van der Waals surface area (Å²) in [6.07, 6.45) is 2.20. The van der Waals surface area contributed by atoms with Crippen molar-refractivity contribution in [1.29, 1.82) is 0 Å². The van der Waals surface area contributed by atoms with E-state index in [-0.39, 0.29) is 29.8 Å². The van der Waals surface area contributed by atoms with Crippen LogP contribution < -0.4 is 5.32 Å². The topological polar surface area (TPSA) is 46.4 Å². The molecule has 2 heterocycles. The molecule has 0 spiro atoms. The maximum Gasteiger partial charge on any atom is 0.272 e. The van der Waals surface area contributed by atoms with Gasteiger partial charge >= 0.3 is 0 Å². The number of rotatable bonds is 5. The smallest absolute Gasteiger partial charge is 0.272 e. The number of benzene rings is 2. The predicted molar refractivity (Wildman–Crippen MR) is 101 cm³/mol. The number of thiazole rings is 1. The summed E-state index contributed by atoms with van der Waals surface area (Å²) in [6, 6.07) is 12.4. The molecule has 0 saturated heterocycles. The second-order valence-electron chi connectivity index (χ2n) is 5.97. The van der Waals surface area contributed by atoms with E-state index in [0.29, 0.717) is 28.2 Å². The molecule has 1 N–H and O–H groups in total. The van der Waals surface area contributed by atoms with Crippen LogP contribution in [0.3, 0.4) is 0 Å². The van der Waals surface area contributed by atoms with Crippen molar-refractivity contribution in [3.8, 4) is 11.3 Å². The zero-order valence-corrected chi connectivity index (χ0v) is 15.0. The lowest BCUT2D eigenvalue weighted by molar-refractivity contribution is 0.0950. The van der Waals surface area contributed by atoms with Crippen LogP contribution in [0, 0.1) is 11.6 Å². The third kappa shape index (κ3) is 3.46. The van der Waals surface area contributed by atoms with E-state index in [1.165, 1.54) is 29.5 Å². The minimum atomic E-state index is -0.347. The van der Waals surface area contributed by atoms with Crippen LogP contribution in [0.2, 0.25) is 0 Å². The van der Waals surface area contributed by atoms with Crippen LogP contribution in [0.4, 0.5) is 8.78 Å². The summed E-state index contributed by atoms with van der Waals surface area (Å²) < 4.78 is 28.8. The summed E-state index contributed by atoms with van der Waals surface area (Å²) >= 11 is 1.41. The zero-order valence-electron chi connectivity index (χ0n) is 14.2. The normalized spacial score (nSPS) is 11.0. The molecule has 2 aromatic carbocycles. The Balaban J connectivity index is 1.58. The highest BCUT2D eigenvalue weighted by molar-refractivity contribution is 7.15. The van der Waals surface area contributed by atoms with Crippen LogP contribution in [0.5, 0.6) is 0 Å². The monoisotopic (exact) mass is 383 g/mol. The van der Waals surface area contributed by atoms with Gasteiger partial charge in [0.05, 0.1) is 5.69 Å². The number of amides is 1. The minimum Gasteiger partial charge on any atom is -0.350 e. The molecule has 0 saturated carbocycles. The lowest BCUT2D eigenvalue weighted by atomic mass is 10.1. The van der Waals surface area contributed by atoms with Crippen LogP contribution in [-0.4, -0.2) is 21.8 Å². The Hall–Kier alpha value is -3.06. The molecule has 0 aliphatic rings. The molecule has 4 aromatic rings. The molecular formula is C20H15F2N3OS. The molecule has 0 aliphatic heterocycles. The lowest BCUT2D eigenvalue weighted by Gasteiger charge is -2.07. The molecule has 0 bridgehead atoms. The Morgan fingerprint density at radius 3 is 2.67 bits per heavy atom. The van der Waals surface area contributed by atoms with Gasteiger partial charge in [-0.1, -0.05) is 18.2 Å². The number of carbonyl (C=O) groups is 1. The van der Waals surface area contributed by atoms with E-state index in [1.54, 1.807) is 30.3 Å². The predicted octanol–water partition coefficient (Wildman–Crippen LogP) is 4.31. The molecule has 0 radical (unpaired) electrons. The van der Waals surface area contributed by atoms with E-state index in [9.17, 15) is 13.6 Å². The molecule has 2 aromatic heterocycles. The number of fused-ring (bicyclic) bond motifs is 1. The Bertz CT molecular complexity index is 1100. The fraction of sp³-hybridized carbons (Fsp3) is 0.100. The SMILES string of the molecule is O=C(NCCc1ccccc1F)c1nc2sccn2c1-c1ccc(F)cc1. The third-order valence-corrected chi connectivity index (χ3v) is 4.99. The van der Waals surface area contributed by atoms with Gasteiger partial charge in [0.15, 0.2) is 10.7 Å². The minimum absolute atomic E-state index is 0.266. The first kappa shape index (κ1) is 17.4. The number of hydrogen-bond acceptors (Lipinski definition) is 3. The summed E-state index contributed by atoms with van der Waals surface area (Å²) in [6.45, 7) is 0.286. The first-order valence-electron chi connectivity index (χ1n) is 8.36. The van der Waals surface area contributed by atoms with Gasteiger partial charge in [-0.3, -0.25) is 9.20 Å². The second kappa shape index (κ2) is 7.28. The van der Waals surface area contributed by atoms with Gasteiger partial charge in [-0.15, -0.1) is 11.3 Å². The molecule has 4 nitrogen and oxygen atoms in total. The van der Waals surface area contributed by atoms with Crippen molar-refractivity contribution >= 4 is 22.2 Å². The van der Waals surface area contributed by atoms with Crippen LogP contribution in [0.25, 0.3) is 16.2 Å². The fourth-order valence-corrected chi connectivity index (χ4v) is 3.64. The molecule has 0 atom stereocenters. The van der Waals surface area contributed by atoms with Gasteiger partial charge in [-0.25, -0.2) is 13.8 Å². The zero-order chi connectivity index (χ0) is 18.8. The average molecular weight is 383 g/mol. The summed E-state index contributed by atoms with van der Waals surface area (Å²) in [5.41, 5.74) is 2.11. The van der Waals surface area contributed by atoms with Crippen LogP contribution in [-0.2, 0) is 6.42 Å². The standard InChI is InChI=1S/C20H15F2N3OS/c21-15-7-5-14(6-8-15)18-17(24-20-25(18)11-12-27-20)19(26)23-10-9-13-3-1-2-4-16(13)22/h1-8,11-12H,9-10H2,(H,23,26). The van der Waals surface area contributed by atoms with Gasteiger partial charge in [0.2, 0.25) is 0 Å². The number of aromatic nitrogens is 2. The first-order chi connectivity index (χ1) is 13.1. The Labute approximate surface area is 158 Å². The highest BCUT2D eigenvalue weighted by Crippen LogP contribution is 2.27. The van der Waals surface area contributed by atoms with E-state index in [2.05, 4.69) is 10.3 Å². The number of carbonyl (C=O) groups excluding carboxylic acids is 1. The highest BCUT2D eigenvalue weighted by atomic mass is 32.1. The summed E-state index contributed by atoms with van der Waals surface area (Å²) in [5.74, 6) is -0.983. The Morgan fingerprint density at radius 2 is 1.89 bits per heavy atom. The molecule has 0 fully saturated rings. The van der Waals surface area contributed by atoms with Gasteiger partial charge in [0.1, 0.15) is 11.6 Å². The second-order valence-corrected chi connectivity index (χ2v) is 6.84. The number of halogens is 2. The first-order valence-corrected chi connectivity index (χ1v) is 9.24. The number of nitrogens with zero attached hydrogens (tertiary/aromatic N) is 2. The van der Waals surface area contributed by atoms with Crippen LogP contribution >= 0.6 is 11.3 Å². The third-order valence-electron chi connectivity index (χ3n) is 4.23. The highest BCUT2D eigenvalue weighted by Gasteiger charge is 2.21. The van der Waals surface area contributed by atoms with E-state index >= 15 is 0 Å². The van der Waals surface area contributed by atoms with Crippen LogP contribution in [0.15, 0.2) is 60.1 Å². The van der Waals surface area contributed by atoms with E-state index in [1.807, 2.05) is 16.0 Å². The van der Waals surface area contributed by atoms with Crippen molar-refractivity contribution in [2.75, 3.05) is 6.54 Å². The quantitative estimate of drug-likeness (QED) is 0.558. The number of hydrogen-bond donors (Lipinski definition) is 1. The molecule has 0 aliphatic carbocycles. The Morgan fingerprint density at radius 1 is 1.11 bits per heavy atom. The van der Waals surface area contributed by atoms with Gasteiger partial charge in [0, 0.05) is 23.7 Å². The van der Waals surface area contributed by atoms with E-state index in [0.717, 1.165) is 0 Å². The number of imidazole rings is 1. The van der Waals surface area contributed by atoms with E-state index < -0.39 is 0 Å². The summed E-state index contributed by atoms with van der Waals surface area (Å²) in [4.78, 5) is 17.8.